The third-order valence-corrected chi connectivity index (χ3v) is 2.97. The Kier molecular flexibility index (Phi) is 4.59. The molecule has 0 aliphatic carbocycles. The van der Waals surface area contributed by atoms with Crippen LogP contribution in [0.2, 0.25) is 0 Å². The Morgan fingerprint density at radius 3 is 2.28 bits per heavy atom. The molecule has 3 heteroatoms. The van der Waals surface area contributed by atoms with E-state index in [2.05, 4.69) is 0 Å². The molecule has 0 heterocycles. The van der Waals surface area contributed by atoms with Crippen LogP contribution in [-0.4, -0.2) is 6.61 Å². The fraction of sp³-hybridized carbons (Fsp3) is 0.200. The number of rotatable bonds is 5. The van der Waals surface area contributed by atoms with Crippen LogP contribution in [0, 0.1) is 5.82 Å². The van der Waals surface area contributed by atoms with E-state index in [0.717, 1.165) is 17.5 Å². The number of halogens is 2. The van der Waals surface area contributed by atoms with E-state index in [4.69, 9.17) is 16.3 Å². The summed E-state index contributed by atoms with van der Waals surface area (Å²) in [6, 6.07) is 14.4. The van der Waals surface area contributed by atoms with E-state index in [1.165, 1.54) is 6.07 Å². The number of alkyl halides is 1. The van der Waals surface area contributed by atoms with Gasteiger partial charge in [0.2, 0.25) is 0 Å². The molecule has 0 aromatic heterocycles. The first-order valence-electron chi connectivity index (χ1n) is 5.80. The van der Waals surface area contributed by atoms with Crippen LogP contribution >= 0.6 is 11.6 Å². The fourth-order valence-corrected chi connectivity index (χ4v) is 1.81. The predicted octanol–water partition coefficient (Wildman–Crippen LogP) is 4.19. The van der Waals surface area contributed by atoms with Gasteiger partial charge in [0.15, 0.2) is 11.6 Å². The first-order chi connectivity index (χ1) is 8.79. The first kappa shape index (κ1) is 12.9. The van der Waals surface area contributed by atoms with Gasteiger partial charge >= 0.3 is 0 Å². The standard InChI is InChI=1S/C15H14ClFO/c16-11-13-7-5-12(6-8-13)9-10-18-15-4-2-1-3-14(15)17/h1-8H,9-11H2. The van der Waals surface area contributed by atoms with Crippen LogP contribution in [0.5, 0.6) is 5.75 Å². The molecule has 0 saturated carbocycles. The average Bonchev–Trinajstić information content (AvgIpc) is 2.42. The van der Waals surface area contributed by atoms with E-state index >= 15 is 0 Å². The Bertz CT molecular complexity index is 496. The van der Waals surface area contributed by atoms with Crippen LogP contribution in [0.25, 0.3) is 0 Å². The molecule has 94 valence electrons. The molecule has 0 amide bonds. The van der Waals surface area contributed by atoms with Crippen molar-refractivity contribution in [1.82, 2.24) is 0 Å². The topological polar surface area (TPSA) is 9.23 Å². The van der Waals surface area contributed by atoms with Gasteiger partial charge in [0.05, 0.1) is 6.61 Å². The monoisotopic (exact) mass is 264 g/mol. The van der Waals surface area contributed by atoms with Crippen molar-refractivity contribution in [2.45, 2.75) is 12.3 Å². The van der Waals surface area contributed by atoms with Crippen molar-refractivity contribution in [3.8, 4) is 5.75 Å². The van der Waals surface area contributed by atoms with Crippen LogP contribution in [0.4, 0.5) is 4.39 Å². The summed E-state index contributed by atoms with van der Waals surface area (Å²) in [5, 5.41) is 0. The van der Waals surface area contributed by atoms with Crippen LogP contribution in [0.1, 0.15) is 11.1 Å². The second-order valence-electron chi connectivity index (χ2n) is 3.98. The summed E-state index contributed by atoms with van der Waals surface area (Å²) in [4.78, 5) is 0. The summed E-state index contributed by atoms with van der Waals surface area (Å²) in [6.45, 7) is 0.459. The van der Waals surface area contributed by atoms with Gasteiger partial charge in [-0.3, -0.25) is 0 Å². The quantitative estimate of drug-likeness (QED) is 0.736. The lowest BCUT2D eigenvalue weighted by molar-refractivity contribution is 0.305. The highest BCUT2D eigenvalue weighted by molar-refractivity contribution is 6.17. The van der Waals surface area contributed by atoms with Gasteiger partial charge in [0, 0.05) is 12.3 Å². The van der Waals surface area contributed by atoms with Crippen LogP contribution in [0.3, 0.4) is 0 Å². The lowest BCUT2D eigenvalue weighted by Gasteiger charge is -2.07. The maximum absolute atomic E-state index is 13.3. The van der Waals surface area contributed by atoms with E-state index in [0.29, 0.717) is 18.2 Å². The SMILES string of the molecule is Fc1ccccc1OCCc1ccc(CCl)cc1. The molecule has 0 aliphatic rings. The molecule has 1 nitrogen and oxygen atoms in total. The van der Waals surface area contributed by atoms with Crippen LogP contribution in [-0.2, 0) is 12.3 Å². The van der Waals surface area contributed by atoms with Crippen molar-refractivity contribution >= 4 is 11.6 Å². The minimum Gasteiger partial charge on any atom is -0.490 e. The zero-order valence-electron chi connectivity index (χ0n) is 9.90. The Morgan fingerprint density at radius 1 is 0.944 bits per heavy atom. The Morgan fingerprint density at radius 2 is 1.61 bits per heavy atom. The number of ether oxygens (including phenoxy) is 1. The predicted molar refractivity (Wildman–Crippen MR) is 71.6 cm³/mol. The van der Waals surface area contributed by atoms with Crippen LogP contribution in [0.15, 0.2) is 48.5 Å². The van der Waals surface area contributed by atoms with Gasteiger partial charge in [0.25, 0.3) is 0 Å². The first-order valence-corrected chi connectivity index (χ1v) is 6.34. The second-order valence-corrected chi connectivity index (χ2v) is 4.25. The zero-order valence-corrected chi connectivity index (χ0v) is 10.7. The molecule has 0 bridgehead atoms. The molecule has 0 N–H and O–H groups in total. The van der Waals surface area contributed by atoms with Gasteiger partial charge in [0.1, 0.15) is 0 Å². The molecule has 18 heavy (non-hydrogen) atoms. The minimum atomic E-state index is -0.324. The van der Waals surface area contributed by atoms with E-state index in [1.54, 1.807) is 18.2 Å². The van der Waals surface area contributed by atoms with Crippen molar-refractivity contribution in [2.75, 3.05) is 6.61 Å². The second kappa shape index (κ2) is 6.41. The third kappa shape index (κ3) is 3.47. The molecule has 0 spiro atoms. The smallest absolute Gasteiger partial charge is 0.165 e. The van der Waals surface area contributed by atoms with E-state index in [1.807, 2.05) is 24.3 Å². The van der Waals surface area contributed by atoms with Crippen LogP contribution < -0.4 is 4.74 Å². The van der Waals surface area contributed by atoms with Gasteiger partial charge in [-0.05, 0) is 23.3 Å². The Labute approximate surface area is 111 Å². The zero-order chi connectivity index (χ0) is 12.8. The third-order valence-electron chi connectivity index (χ3n) is 2.66. The summed E-state index contributed by atoms with van der Waals surface area (Å²) in [7, 11) is 0. The van der Waals surface area contributed by atoms with E-state index < -0.39 is 0 Å². The maximum atomic E-state index is 13.3. The van der Waals surface area contributed by atoms with Gasteiger partial charge in [-0.15, -0.1) is 11.6 Å². The lowest BCUT2D eigenvalue weighted by atomic mass is 10.1. The molecule has 0 atom stereocenters. The summed E-state index contributed by atoms with van der Waals surface area (Å²) >= 11 is 5.71. The summed E-state index contributed by atoms with van der Waals surface area (Å²) < 4.78 is 18.7. The molecule has 2 aromatic rings. The van der Waals surface area contributed by atoms with Crippen molar-refractivity contribution in [3.05, 3.63) is 65.5 Å². The molecular formula is C15H14ClFO. The molecule has 0 aliphatic heterocycles. The van der Waals surface area contributed by atoms with Gasteiger partial charge in [-0.25, -0.2) is 4.39 Å². The number of para-hydroxylation sites is 1. The van der Waals surface area contributed by atoms with Gasteiger partial charge in [-0.2, -0.15) is 0 Å². The summed E-state index contributed by atoms with van der Waals surface area (Å²) in [5.41, 5.74) is 2.25. The largest absolute Gasteiger partial charge is 0.490 e. The van der Waals surface area contributed by atoms with Crippen molar-refractivity contribution in [3.63, 3.8) is 0 Å². The Balaban J connectivity index is 1.86. The number of benzene rings is 2. The average molecular weight is 265 g/mol. The molecule has 2 aromatic carbocycles. The highest BCUT2D eigenvalue weighted by Crippen LogP contribution is 2.16. The summed E-state index contributed by atoms with van der Waals surface area (Å²) in [6.07, 6.45) is 0.747. The molecular weight excluding hydrogens is 251 g/mol. The van der Waals surface area contributed by atoms with E-state index in [9.17, 15) is 4.39 Å². The number of hydrogen-bond acceptors (Lipinski definition) is 1. The maximum Gasteiger partial charge on any atom is 0.165 e. The lowest BCUT2D eigenvalue weighted by Crippen LogP contribution is -2.02. The number of hydrogen-bond donors (Lipinski definition) is 0. The Hall–Kier alpha value is -1.54. The van der Waals surface area contributed by atoms with Crippen molar-refractivity contribution in [1.29, 1.82) is 0 Å². The molecule has 0 fully saturated rings. The highest BCUT2D eigenvalue weighted by Gasteiger charge is 2.01. The molecule has 0 saturated heterocycles. The molecule has 2 rings (SSSR count). The van der Waals surface area contributed by atoms with Gasteiger partial charge in [-0.1, -0.05) is 36.4 Å². The molecule has 0 radical (unpaired) electrons. The normalized spacial score (nSPS) is 10.3. The highest BCUT2D eigenvalue weighted by atomic mass is 35.5. The van der Waals surface area contributed by atoms with Crippen molar-refractivity contribution < 1.29 is 9.13 Å². The minimum absolute atomic E-state index is 0.301. The van der Waals surface area contributed by atoms with Crippen molar-refractivity contribution in [2.24, 2.45) is 0 Å². The van der Waals surface area contributed by atoms with Gasteiger partial charge < -0.3 is 4.74 Å². The fourth-order valence-electron chi connectivity index (χ4n) is 1.64. The summed E-state index contributed by atoms with van der Waals surface area (Å²) in [5.74, 6) is 0.497. The van der Waals surface area contributed by atoms with E-state index in [-0.39, 0.29) is 5.82 Å². The molecule has 0 unspecified atom stereocenters.